The summed E-state index contributed by atoms with van der Waals surface area (Å²) in [5, 5.41) is 5.76. The van der Waals surface area contributed by atoms with E-state index in [2.05, 4.69) is 17.6 Å². The lowest BCUT2D eigenvalue weighted by Gasteiger charge is -2.34. The zero-order chi connectivity index (χ0) is 15.0. The van der Waals surface area contributed by atoms with E-state index in [1.165, 1.54) is 0 Å². The van der Waals surface area contributed by atoms with Crippen LogP contribution < -0.4 is 16.4 Å². The van der Waals surface area contributed by atoms with Gasteiger partial charge in [0.05, 0.1) is 0 Å². The summed E-state index contributed by atoms with van der Waals surface area (Å²) in [7, 11) is 1.95. The first-order valence-corrected chi connectivity index (χ1v) is 7.57. The van der Waals surface area contributed by atoms with E-state index in [4.69, 9.17) is 5.73 Å². The third-order valence-corrected chi connectivity index (χ3v) is 3.88. The number of nitrogens with one attached hydrogen (secondary N) is 2. The van der Waals surface area contributed by atoms with Crippen molar-refractivity contribution in [3.63, 3.8) is 0 Å². The number of amides is 3. The fourth-order valence-electron chi connectivity index (χ4n) is 2.70. The third-order valence-electron chi connectivity index (χ3n) is 3.88. The predicted molar refractivity (Wildman–Crippen MR) is 86.5 cm³/mol. The standard InChI is InChI=1S/C14H28N4O2.ClH/c1-3-4-5-12(17-14(15)20)13(19)18-8-6-11(7-9-18)10-16-2;/h11-12,16H,3-10H2,1-2H3,(H3,15,17,20);1H. The van der Waals surface area contributed by atoms with E-state index >= 15 is 0 Å². The molecule has 3 amide bonds. The average molecular weight is 321 g/mol. The highest BCUT2D eigenvalue weighted by atomic mass is 35.5. The van der Waals surface area contributed by atoms with Crippen molar-refractivity contribution in [1.82, 2.24) is 15.5 Å². The number of carbonyl (C=O) groups is 2. The molecule has 1 fully saturated rings. The topological polar surface area (TPSA) is 87.5 Å². The van der Waals surface area contributed by atoms with Crippen molar-refractivity contribution in [2.24, 2.45) is 11.7 Å². The molecule has 0 aromatic heterocycles. The summed E-state index contributed by atoms with van der Waals surface area (Å²) in [6.45, 7) is 4.61. The Morgan fingerprint density at radius 2 is 1.95 bits per heavy atom. The van der Waals surface area contributed by atoms with E-state index in [1.54, 1.807) is 0 Å². The van der Waals surface area contributed by atoms with E-state index in [0.29, 0.717) is 12.3 Å². The highest BCUT2D eigenvalue weighted by Crippen LogP contribution is 2.18. The van der Waals surface area contributed by atoms with Gasteiger partial charge < -0.3 is 21.3 Å². The van der Waals surface area contributed by atoms with Crippen molar-refractivity contribution in [3.05, 3.63) is 0 Å². The van der Waals surface area contributed by atoms with Gasteiger partial charge in [-0.2, -0.15) is 0 Å². The van der Waals surface area contributed by atoms with E-state index in [0.717, 1.165) is 45.3 Å². The number of carbonyl (C=O) groups excluding carboxylic acids is 2. The Bertz CT molecular complexity index is 320. The van der Waals surface area contributed by atoms with E-state index in [-0.39, 0.29) is 18.3 Å². The van der Waals surface area contributed by atoms with Gasteiger partial charge in [0.1, 0.15) is 6.04 Å². The Kier molecular flexibility index (Phi) is 10.2. The van der Waals surface area contributed by atoms with Gasteiger partial charge in [0.25, 0.3) is 0 Å². The average Bonchev–Trinajstić information content (AvgIpc) is 2.43. The van der Waals surface area contributed by atoms with Gasteiger partial charge in [0, 0.05) is 13.1 Å². The van der Waals surface area contributed by atoms with Crippen LogP contribution in [0.15, 0.2) is 0 Å². The molecular formula is C14H29ClN4O2. The quantitative estimate of drug-likeness (QED) is 0.656. The zero-order valence-electron chi connectivity index (χ0n) is 13.1. The molecule has 1 unspecified atom stereocenters. The van der Waals surface area contributed by atoms with Gasteiger partial charge in [-0.05, 0) is 38.8 Å². The van der Waals surface area contributed by atoms with Crippen LogP contribution in [-0.4, -0.2) is 49.6 Å². The molecule has 6 nitrogen and oxygen atoms in total. The van der Waals surface area contributed by atoms with Crippen LogP contribution in [0.25, 0.3) is 0 Å². The highest BCUT2D eigenvalue weighted by molar-refractivity contribution is 5.86. The molecule has 21 heavy (non-hydrogen) atoms. The second-order valence-corrected chi connectivity index (χ2v) is 5.53. The minimum absolute atomic E-state index is 0. The molecule has 1 heterocycles. The molecule has 1 saturated heterocycles. The Hall–Kier alpha value is -1.01. The normalized spacial score (nSPS) is 17.0. The van der Waals surface area contributed by atoms with Crippen LogP contribution in [0.1, 0.15) is 39.0 Å². The number of halogens is 1. The SMILES string of the molecule is CCCCC(NC(N)=O)C(=O)N1CCC(CNC)CC1.Cl. The number of urea groups is 1. The summed E-state index contributed by atoms with van der Waals surface area (Å²) in [4.78, 5) is 25.3. The molecule has 0 bridgehead atoms. The number of hydrogen-bond donors (Lipinski definition) is 3. The van der Waals surface area contributed by atoms with E-state index in [9.17, 15) is 9.59 Å². The molecule has 0 aromatic rings. The smallest absolute Gasteiger partial charge is 0.312 e. The number of nitrogens with two attached hydrogens (primary N) is 1. The molecule has 1 aliphatic rings. The first-order chi connectivity index (χ1) is 9.58. The minimum atomic E-state index is -0.621. The first-order valence-electron chi connectivity index (χ1n) is 7.57. The number of piperidine rings is 1. The number of hydrogen-bond acceptors (Lipinski definition) is 3. The molecular weight excluding hydrogens is 292 g/mol. The lowest BCUT2D eigenvalue weighted by Crippen LogP contribution is -2.52. The summed E-state index contributed by atoms with van der Waals surface area (Å²) in [5.41, 5.74) is 5.16. The van der Waals surface area contributed by atoms with Gasteiger partial charge in [-0.1, -0.05) is 19.8 Å². The van der Waals surface area contributed by atoms with Crippen LogP contribution in [0.4, 0.5) is 4.79 Å². The van der Waals surface area contributed by atoms with Crippen molar-refractivity contribution in [2.45, 2.75) is 45.1 Å². The monoisotopic (exact) mass is 320 g/mol. The van der Waals surface area contributed by atoms with Crippen molar-refractivity contribution < 1.29 is 9.59 Å². The molecule has 1 rings (SSSR count). The van der Waals surface area contributed by atoms with Gasteiger partial charge in [0.15, 0.2) is 0 Å². The molecule has 4 N–H and O–H groups in total. The van der Waals surface area contributed by atoms with Gasteiger partial charge in [-0.3, -0.25) is 4.79 Å². The van der Waals surface area contributed by atoms with Crippen molar-refractivity contribution >= 4 is 24.3 Å². The lowest BCUT2D eigenvalue weighted by atomic mass is 9.96. The first kappa shape index (κ1) is 20.0. The van der Waals surface area contributed by atoms with Gasteiger partial charge in [-0.15, -0.1) is 12.4 Å². The maximum Gasteiger partial charge on any atom is 0.312 e. The molecule has 0 radical (unpaired) electrons. The second kappa shape index (κ2) is 10.7. The Balaban J connectivity index is 0.00000400. The number of rotatable bonds is 7. The van der Waals surface area contributed by atoms with Gasteiger partial charge >= 0.3 is 6.03 Å². The summed E-state index contributed by atoms with van der Waals surface area (Å²) in [6, 6.07) is -1.09. The second-order valence-electron chi connectivity index (χ2n) is 5.53. The van der Waals surface area contributed by atoms with Crippen molar-refractivity contribution in [1.29, 1.82) is 0 Å². The summed E-state index contributed by atoms with van der Waals surface area (Å²) >= 11 is 0. The Labute approximate surface area is 133 Å². The van der Waals surface area contributed by atoms with Crippen molar-refractivity contribution in [3.8, 4) is 0 Å². The number of likely N-dealkylation sites (tertiary alicyclic amines) is 1. The lowest BCUT2D eigenvalue weighted by molar-refractivity contribution is -0.134. The van der Waals surface area contributed by atoms with Gasteiger partial charge in [0.2, 0.25) is 5.91 Å². The molecule has 1 atom stereocenters. The fourth-order valence-corrected chi connectivity index (χ4v) is 2.70. The molecule has 124 valence electrons. The van der Waals surface area contributed by atoms with Crippen LogP contribution in [0.3, 0.4) is 0 Å². The highest BCUT2D eigenvalue weighted by Gasteiger charge is 2.28. The summed E-state index contributed by atoms with van der Waals surface area (Å²) in [5.74, 6) is 0.655. The number of nitrogens with zero attached hydrogens (tertiary/aromatic N) is 1. The molecule has 0 spiro atoms. The predicted octanol–water partition coefficient (Wildman–Crippen LogP) is 1.09. The molecule has 7 heteroatoms. The fraction of sp³-hybridized carbons (Fsp3) is 0.857. The minimum Gasteiger partial charge on any atom is -0.352 e. The van der Waals surface area contributed by atoms with Crippen LogP contribution in [0.2, 0.25) is 0 Å². The molecule has 0 aromatic carbocycles. The Morgan fingerprint density at radius 3 is 2.43 bits per heavy atom. The van der Waals surface area contributed by atoms with Crippen LogP contribution in [0, 0.1) is 5.92 Å². The molecule has 1 aliphatic heterocycles. The van der Waals surface area contributed by atoms with Gasteiger partial charge in [-0.25, -0.2) is 4.79 Å². The third kappa shape index (κ3) is 7.00. The van der Waals surface area contributed by atoms with Crippen LogP contribution >= 0.6 is 12.4 Å². The maximum absolute atomic E-state index is 12.4. The zero-order valence-corrected chi connectivity index (χ0v) is 13.9. The number of primary amides is 1. The summed E-state index contributed by atoms with van der Waals surface area (Å²) < 4.78 is 0. The van der Waals surface area contributed by atoms with Crippen LogP contribution in [0.5, 0.6) is 0 Å². The molecule has 0 saturated carbocycles. The summed E-state index contributed by atoms with van der Waals surface area (Å²) in [6.07, 6.45) is 4.60. The Morgan fingerprint density at radius 1 is 1.33 bits per heavy atom. The van der Waals surface area contributed by atoms with Crippen molar-refractivity contribution in [2.75, 3.05) is 26.7 Å². The largest absolute Gasteiger partial charge is 0.352 e. The van der Waals surface area contributed by atoms with E-state index in [1.807, 2.05) is 11.9 Å². The number of unbranched alkanes of at least 4 members (excludes halogenated alkanes) is 1. The van der Waals surface area contributed by atoms with E-state index < -0.39 is 12.1 Å². The maximum atomic E-state index is 12.4. The molecule has 0 aliphatic carbocycles. The van der Waals surface area contributed by atoms with Crippen LogP contribution in [-0.2, 0) is 4.79 Å².